The number of nitrogens with one attached hydrogen (secondary N) is 1. The molecule has 2 unspecified atom stereocenters. The zero-order valence-electron chi connectivity index (χ0n) is 12.4. The average Bonchev–Trinajstić information content (AvgIpc) is 2.79. The van der Waals surface area contributed by atoms with E-state index < -0.39 is 0 Å². The SMILES string of the molecule is Cc1cccc(C(=O)N(C)C2CC3CCC(C2)N3)c1Cl.Cl. The van der Waals surface area contributed by atoms with Crippen LogP contribution in [0.15, 0.2) is 18.2 Å². The highest BCUT2D eigenvalue weighted by molar-refractivity contribution is 6.34. The minimum atomic E-state index is 0. The van der Waals surface area contributed by atoms with Gasteiger partial charge in [0.25, 0.3) is 5.91 Å². The number of aryl methyl sites for hydroxylation is 1. The lowest BCUT2D eigenvalue weighted by Crippen LogP contribution is -2.48. The molecule has 1 N–H and O–H groups in total. The van der Waals surface area contributed by atoms with Gasteiger partial charge < -0.3 is 10.2 Å². The molecule has 1 aromatic rings. The van der Waals surface area contributed by atoms with Crippen molar-refractivity contribution in [1.29, 1.82) is 0 Å². The Bertz CT molecular complexity index is 523. The first kappa shape index (κ1) is 16.6. The summed E-state index contributed by atoms with van der Waals surface area (Å²) < 4.78 is 0. The Hall–Kier alpha value is -0.770. The molecule has 2 saturated heterocycles. The molecule has 1 aromatic carbocycles. The molecule has 3 nitrogen and oxygen atoms in total. The van der Waals surface area contributed by atoms with Gasteiger partial charge in [-0.05, 0) is 44.2 Å². The van der Waals surface area contributed by atoms with Gasteiger partial charge in [-0.15, -0.1) is 12.4 Å². The zero-order chi connectivity index (χ0) is 14.3. The third-order valence-electron chi connectivity index (χ3n) is 4.74. The number of hydrogen-bond donors (Lipinski definition) is 1. The van der Waals surface area contributed by atoms with Crippen LogP contribution in [-0.4, -0.2) is 36.0 Å². The van der Waals surface area contributed by atoms with E-state index >= 15 is 0 Å². The van der Waals surface area contributed by atoms with Crippen LogP contribution >= 0.6 is 24.0 Å². The Balaban J connectivity index is 0.00000161. The molecule has 0 aliphatic carbocycles. The zero-order valence-corrected chi connectivity index (χ0v) is 14.0. The maximum absolute atomic E-state index is 12.7. The molecule has 0 saturated carbocycles. The van der Waals surface area contributed by atoms with Crippen LogP contribution in [0, 0.1) is 6.92 Å². The number of carbonyl (C=O) groups excluding carboxylic acids is 1. The summed E-state index contributed by atoms with van der Waals surface area (Å²) in [5.74, 6) is 0.0463. The molecule has 116 valence electrons. The third-order valence-corrected chi connectivity index (χ3v) is 5.24. The van der Waals surface area contributed by atoms with Gasteiger partial charge in [0, 0.05) is 25.2 Å². The number of nitrogens with zero attached hydrogens (tertiary/aromatic N) is 1. The summed E-state index contributed by atoms with van der Waals surface area (Å²) in [6.07, 6.45) is 4.60. The number of benzene rings is 1. The van der Waals surface area contributed by atoms with Crippen molar-refractivity contribution in [2.45, 2.75) is 50.7 Å². The van der Waals surface area contributed by atoms with Crippen molar-refractivity contribution < 1.29 is 4.79 Å². The average molecular weight is 329 g/mol. The predicted octanol–water partition coefficient (Wildman–Crippen LogP) is 3.43. The lowest BCUT2D eigenvalue weighted by atomic mass is 9.97. The first-order valence-corrected chi connectivity index (χ1v) is 7.72. The Morgan fingerprint density at radius 1 is 1.29 bits per heavy atom. The number of amides is 1. The van der Waals surface area contributed by atoms with Gasteiger partial charge in [-0.1, -0.05) is 23.7 Å². The molecule has 2 bridgehead atoms. The lowest BCUT2D eigenvalue weighted by Gasteiger charge is -2.35. The fourth-order valence-corrected chi connectivity index (χ4v) is 3.72. The first-order valence-electron chi connectivity index (χ1n) is 7.34. The van der Waals surface area contributed by atoms with E-state index in [1.807, 2.05) is 37.1 Å². The highest BCUT2D eigenvalue weighted by Crippen LogP contribution is 2.30. The Kier molecular flexibility index (Phi) is 5.18. The number of hydrogen-bond acceptors (Lipinski definition) is 2. The van der Waals surface area contributed by atoms with E-state index in [0.717, 1.165) is 18.4 Å². The maximum atomic E-state index is 12.7. The fraction of sp³-hybridized carbons (Fsp3) is 0.562. The number of fused-ring (bicyclic) bond motifs is 2. The van der Waals surface area contributed by atoms with Gasteiger partial charge in [0.15, 0.2) is 0 Å². The minimum absolute atomic E-state index is 0. The molecular formula is C16H22Cl2N2O. The van der Waals surface area contributed by atoms with Crippen molar-refractivity contribution in [3.8, 4) is 0 Å². The van der Waals surface area contributed by atoms with Crippen molar-refractivity contribution in [3.63, 3.8) is 0 Å². The van der Waals surface area contributed by atoms with Crippen molar-refractivity contribution in [1.82, 2.24) is 10.2 Å². The molecule has 2 atom stereocenters. The van der Waals surface area contributed by atoms with Gasteiger partial charge in [0.05, 0.1) is 10.6 Å². The van der Waals surface area contributed by atoms with Gasteiger partial charge in [-0.3, -0.25) is 4.79 Å². The Labute approximate surface area is 137 Å². The van der Waals surface area contributed by atoms with Crippen LogP contribution in [0.4, 0.5) is 0 Å². The van der Waals surface area contributed by atoms with Crippen molar-refractivity contribution in [2.24, 2.45) is 0 Å². The van der Waals surface area contributed by atoms with Crippen LogP contribution in [0.2, 0.25) is 5.02 Å². The maximum Gasteiger partial charge on any atom is 0.255 e. The number of halogens is 2. The highest BCUT2D eigenvalue weighted by atomic mass is 35.5. The van der Waals surface area contributed by atoms with Gasteiger partial charge in [0.2, 0.25) is 0 Å². The van der Waals surface area contributed by atoms with E-state index in [2.05, 4.69) is 5.32 Å². The quantitative estimate of drug-likeness (QED) is 0.902. The van der Waals surface area contributed by atoms with Gasteiger partial charge in [-0.25, -0.2) is 0 Å². The summed E-state index contributed by atoms with van der Waals surface area (Å²) in [6, 6.07) is 7.16. The summed E-state index contributed by atoms with van der Waals surface area (Å²) in [5.41, 5.74) is 1.58. The van der Waals surface area contributed by atoms with Gasteiger partial charge in [-0.2, -0.15) is 0 Å². The van der Waals surface area contributed by atoms with E-state index in [9.17, 15) is 4.79 Å². The van der Waals surface area contributed by atoms with Crippen LogP contribution < -0.4 is 5.32 Å². The molecule has 21 heavy (non-hydrogen) atoms. The molecule has 0 aromatic heterocycles. The monoisotopic (exact) mass is 328 g/mol. The first-order chi connectivity index (χ1) is 9.56. The molecule has 2 fully saturated rings. The van der Waals surface area contributed by atoms with Crippen LogP contribution in [-0.2, 0) is 0 Å². The summed E-state index contributed by atoms with van der Waals surface area (Å²) in [4.78, 5) is 14.6. The minimum Gasteiger partial charge on any atom is -0.339 e. The molecule has 2 aliphatic heterocycles. The second kappa shape index (κ2) is 6.55. The molecule has 5 heteroatoms. The van der Waals surface area contributed by atoms with E-state index in [-0.39, 0.29) is 18.3 Å². The van der Waals surface area contributed by atoms with Crippen molar-refractivity contribution in [2.75, 3.05) is 7.05 Å². The van der Waals surface area contributed by atoms with Crippen LogP contribution in [0.5, 0.6) is 0 Å². The van der Waals surface area contributed by atoms with E-state index in [1.165, 1.54) is 12.8 Å². The largest absolute Gasteiger partial charge is 0.339 e. The lowest BCUT2D eigenvalue weighted by molar-refractivity contribution is 0.0682. The molecule has 2 heterocycles. The Morgan fingerprint density at radius 3 is 2.52 bits per heavy atom. The topological polar surface area (TPSA) is 32.3 Å². The smallest absolute Gasteiger partial charge is 0.255 e. The van der Waals surface area contributed by atoms with Crippen LogP contribution in [0.25, 0.3) is 0 Å². The fourth-order valence-electron chi connectivity index (χ4n) is 3.51. The Morgan fingerprint density at radius 2 is 1.90 bits per heavy atom. The molecule has 3 rings (SSSR count). The van der Waals surface area contributed by atoms with E-state index in [0.29, 0.717) is 28.7 Å². The van der Waals surface area contributed by atoms with Crippen molar-refractivity contribution in [3.05, 3.63) is 34.3 Å². The van der Waals surface area contributed by atoms with Gasteiger partial charge >= 0.3 is 0 Å². The standard InChI is InChI=1S/C16H21ClN2O.ClH/c1-10-4-3-5-14(15(10)17)16(20)19(2)13-8-11-6-7-12(9-13)18-11;/h3-5,11-13,18H,6-9H2,1-2H3;1H. The van der Waals surface area contributed by atoms with Crippen molar-refractivity contribution >= 4 is 29.9 Å². The summed E-state index contributed by atoms with van der Waals surface area (Å²) >= 11 is 6.28. The summed E-state index contributed by atoms with van der Waals surface area (Å²) in [6.45, 7) is 1.93. The second-order valence-electron chi connectivity index (χ2n) is 6.12. The second-order valence-corrected chi connectivity index (χ2v) is 6.49. The van der Waals surface area contributed by atoms with Gasteiger partial charge in [0.1, 0.15) is 0 Å². The number of piperidine rings is 1. The van der Waals surface area contributed by atoms with E-state index in [1.54, 1.807) is 0 Å². The third kappa shape index (κ3) is 3.20. The summed E-state index contributed by atoms with van der Waals surface area (Å²) in [5, 5.41) is 4.19. The summed E-state index contributed by atoms with van der Waals surface area (Å²) in [7, 11) is 1.91. The number of rotatable bonds is 2. The molecule has 0 spiro atoms. The molecule has 1 amide bonds. The normalized spacial score (nSPS) is 27.1. The number of carbonyl (C=O) groups is 1. The van der Waals surface area contributed by atoms with Crippen LogP contribution in [0.1, 0.15) is 41.6 Å². The molecular weight excluding hydrogens is 307 g/mol. The van der Waals surface area contributed by atoms with Crippen LogP contribution in [0.3, 0.4) is 0 Å². The molecule has 0 radical (unpaired) electrons. The predicted molar refractivity (Wildman–Crippen MR) is 88.5 cm³/mol. The van der Waals surface area contributed by atoms with E-state index in [4.69, 9.17) is 11.6 Å². The molecule has 2 aliphatic rings. The highest BCUT2D eigenvalue weighted by Gasteiger charge is 2.36.